The molecule has 2 aromatic heterocycles. The third-order valence-electron chi connectivity index (χ3n) is 5.39. The van der Waals surface area contributed by atoms with E-state index in [4.69, 9.17) is 14.7 Å². The van der Waals surface area contributed by atoms with Gasteiger partial charge in [-0.25, -0.2) is 9.97 Å². The molecule has 0 bridgehead atoms. The Morgan fingerprint density at radius 2 is 2.10 bits per heavy atom. The van der Waals surface area contributed by atoms with Crippen LogP contribution in [0.2, 0.25) is 0 Å². The summed E-state index contributed by atoms with van der Waals surface area (Å²) in [5, 5.41) is 5.75. The van der Waals surface area contributed by atoms with Crippen molar-refractivity contribution >= 4 is 51.0 Å². The maximum absolute atomic E-state index is 12.5. The van der Waals surface area contributed by atoms with Crippen LogP contribution in [0.1, 0.15) is 36.3 Å². The van der Waals surface area contributed by atoms with Crippen LogP contribution in [0.5, 0.6) is 0 Å². The smallest absolute Gasteiger partial charge is 0.230 e. The highest BCUT2D eigenvalue weighted by Crippen LogP contribution is 2.43. The zero-order chi connectivity index (χ0) is 21.1. The molecule has 8 heteroatoms. The summed E-state index contributed by atoms with van der Waals surface area (Å²) in [6, 6.07) is 9.95. The zero-order valence-corrected chi connectivity index (χ0v) is 19.8. The Hall–Kier alpha value is -1.61. The molecule has 1 aromatic carbocycles. The lowest BCUT2D eigenvalue weighted by molar-refractivity contribution is -0.118. The van der Waals surface area contributed by atoms with Crippen LogP contribution in [-0.2, 0) is 29.1 Å². The van der Waals surface area contributed by atoms with Crippen LogP contribution < -0.4 is 5.32 Å². The van der Waals surface area contributed by atoms with Gasteiger partial charge < -0.3 is 10.1 Å². The van der Waals surface area contributed by atoms with E-state index < -0.39 is 0 Å². The van der Waals surface area contributed by atoms with E-state index in [1.807, 2.05) is 36.6 Å². The van der Waals surface area contributed by atoms with Gasteiger partial charge in [0.25, 0.3) is 0 Å². The van der Waals surface area contributed by atoms with E-state index in [-0.39, 0.29) is 11.5 Å². The van der Waals surface area contributed by atoms with Gasteiger partial charge in [-0.05, 0) is 30.7 Å². The minimum atomic E-state index is -0.159. The number of hydrogen-bond donors (Lipinski definition) is 1. The van der Waals surface area contributed by atoms with Crippen LogP contribution in [0, 0.1) is 0 Å². The second kappa shape index (κ2) is 9.26. The second-order valence-corrected chi connectivity index (χ2v) is 10.3. The third kappa shape index (κ3) is 4.66. The topological polar surface area (TPSA) is 64.1 Å². The molecular weight excluding hydrogens is 434 g/mol. The van der Waals surface area contributed by atoms with E-state index in [9.17, 15) is 4.79 Å². The van der Waals surface area contributed by atoms with Gasteiger partial charge in [-0.3, -0.25) is 4.79 Å². The lowest BCUT2D eigenvalue weighted by Gasteiger charge is -2.33. The normalized spacial score (nSPS) is 18.4. The standard InChI is InChI=1S/C22H25N3O2S3/c1-4-22(2)10-15-16(12-27-22)30-20-18(15)19(24-21(25-20)28-3)29-13-17(26)23-11-14-8-6-5-7-9-14/h5-9H,4,10-13H2,1-3H3,(H,23,26). The SMILES string of the molecule is CCC1(C)Cc2c(sc3nc(SC)nc(SCC(=O)NCc4ccccc4)c23)CO1. The predicted octanol–water partition coefficient (Wildman–Crippen LogP) is 5.06. The van der Waals surface area contributed by atoms with E-state index in [1.165, 1.54) is 34.0 Å². The number of amides is 1. The van der Waals surface area contributed by atoms with Gasteiger partial charge in [0, 0.05) is 23.2 Å². The van der Waals surface area contributed by atoms with Gasteiger partial charge in [0.05, 0.1) is 18.0 Å². The van der Waals surface area contributed by atoms with Gasteiger partial charge in [-0.1, -0.05) is 60.8 Å². The third-order valence-corrected chi connectivity index (χ3v) is 8.01. The van der Waals surface area contributed by atoms with Gasteiger partial charge in [0.1, 0.15) is 9.86 Å². The number of rotatable bonds is 7. The number of thioether (sulfide) groups is 2. The second-order valence-electron chi connectivity index (χ2n) is 7.52. The average Bonchev–Trinajstić information content (AvgIpc) is 3.14. The quantitative estimate of drug-likeness (QED) is 0.303. The van der Waals surface area contributed by atoms with E-state index in [1.54, 1.807) is 11.3 Å². The molecule has 0 spiro atoms. The number of ether oxygens (including phenoxy) is 1. The van der Waals surface area contributed by atoms with Gasteiger partial charge in [-0.15, -0.1) is 11.3 Å². The number of aromatic nitrogens is 2. The average molecular weight is 460 g/mol. The zero-order valence-electron chi connectivity index (χ0n) is 17.4. The highest BCUT2D eigenvalue weighted by Gasteiger charge is 2.33. The van der Waals surface area contributed by atoms with Crippen molar-refractivity contribution in [1.29, 1.82) is 0 Å². The van der Waals surface area contributed by atoms with Crippen molar-refractivity contribution < 1.29 is 9.53 Å². The minimum Gasteiger partial charge on any atom is -0.369 e. The first-order valence-electron chi connectivity index (χ1n) is 9.95. The summed E-state index contributed by atoms with van der Waals surface area (Å²) in [6.07, 6.45) is 3.79. The maximum atomic E-state index is 12.5. The summed E-state index contributed by atoms with van der Waals surface area (Å²) in [6.45, 7) is 5.49. The number of fused-ring (bicyclic) bond motifs is 3. The van der Waals surface area contributed by atoms with Gasteiger partial charge in [-0.2, -0.15) is 0 Å². The molecule has 1 amide bonds. The van der Waals surface area contributed by atoms with Gasteiger partial charge >= 0.3 is 0 Å². The molecule has 0 saturated carbocycles. The van der Waals surface area contributed by atoms with Crippen molar-refractivity contribution in [2.75, 3.05) is 12.0 Å². The van der Waals surface area contributed by atoms with Crippen LogP contribution in [0.15, 0.2) is 40.5 Å². The van der Waals surface area contributed by atoms with Crippen LogP contribution in [0.25, 0.3) is 10.2 Å². The Morgan fingerprint density at radius 1 is 1.30 bits per heavy atom. The van der Waals surface area contributed by atoms with Crippen molar-refractivity contribution in [3.63, 3.8) is 0 Å². The molecule has 1 unspecified atom stereocenters. The van der Waals surface area contributed by atoms with Gasteiger partial charge in [0.15, 0.2) is 5.16 Å². The Kier molecular flexibility index (Phi) is 6.67. The highest BCUT2D eigenvalue weighted by atomic mass is 32.2. The fourth-order valence-electron chi connectivity index (χ4n) is 3.42. The van der Waals surface area contributed by atoms with Crippen LogP contribution in [-0.4, -0.2) is 33.5 Å². The number of carbonyl (C=O) groups is 1. The van der Waals surface area contributed by atoms with E-state index in [2.05, 4.69) is 19.2 Å². The van der Waals surface area contributed by atoms with E-state index in [0.717, 1.165) is 38.8 Å². The summed E-state index contributed by atoms with van der Waals surface area (Å²) < 4.78 is 6.13. The molecule has 3 aromatic rings. The van der Waals surface area contributed by atoms with Gasteiger partial charge in [0.2, 0.25) is 5.91 Å². The number of carbonyl (C=O) groups excluding carboxylic acids is 1. The fourth-order valence-corrected chi connectivity index (χ4v) is 5.96. The lowest BCUT2D eigenvalue weighted by Crippen LogP contribution is -2.33. The number of thiophene rings is 1. The molecule has 1 aliphatic rings. The first-order chi connectivity index (χ1) is 14.5. The van der Waals surface area contributed by atoms with Crippen LogP contribution in [0.3, 0.4) is 0 Å². The molecule has 30 heavy (non-hydrogen) atoms. The summed E-state index contributed by atoms with van der Waals surface area (Å²) in [5.41, 5.74) is 2.23. The molecule has 1 atom stereocenters. The largest absolute Gasteiger partial charge is 0.369 e. The van der Waals surface area contributed by atoms with Crippen LogP contribution in [0.4, 0.5) is 0 Å². The number of nitrogens with one attached hydrogen (secondary N) is 1. The number of benzene rings is 1. The van der Waals surface area contributed by atoms with E-state index in [0.29, 0.717) is 18.9 Å². The minimum absolute atomic E-state index is 0.00661. The maximum Gasteiger partial charge on any atom is 0.230 e. The van der Waals surface area contributed by atoms with Crippen molar-refractivity contribution in [3.05, 3.63) is 46.3 Å². The molecule has 0 saturated heterocycles. The first kappa shape index (κ1) is 21.6. The summed E-state index contributed by atoms with van der Waals surface area (Å²) in [4.78, 5) is 24.2. The number of hydrogen-bond acceptors (Lipinski definition) is 7. The van der Waals surface area contributed by atoms with Crippen LogP contribution >= 0.6 is 34.9 Å². The fraction of sp³-hybridized carbons (Fsp3) is 0.409. The first-order valence-corrected chi connectivity index (χ1v) is 13.0. The molecule has 0 radical (unpaired) electrons. The summed E-state index contributed by atoms with van der Waals surface area (Å²) in [7, 11) is 0. The molecule has 5 nitrogen and oxygen atoms in total. The molecular formula is C22H25N3O2S3. The number of nitrogens with zero attached hydrogens (tertiary/aromatic N) is 2. The molecule has 1 N–H and O–H groups in total. The van der Waals surface area contributed by atoms with Crippen molar-refractivity contribution in [1.82, 2.24) is 15.3 Å². The van der Waals surface area contributed by atoms with Crippen molar-refractivity contribution in [3.8, 4) is 0 Å². The Morgan fingerprint density at radius 3 is 2.83 bits per heavy atom. The molecule has 0 fully saturated rings. The molecule has 1 aliphatic heterocycles. The van der Waals surface area contributed by atoms with Crippen molar-refractivity contribution in [2.24, 2.45) is 0 Å². The predicted molar refractivity (Wildman–Crippen MR) is 125 cm³/mol. The monoisotopic (exact) mass is 459 g/mol. The summed E-state index contributed by atoms with van der Waals surface area (Å²) in [5.74, 6) is 0.339. The Labute approximate surface area is 189 Å². The molecule has 3 heterocycles. The molecule has 158 valence electrons. The van der Waals surface area contributed by atoms with Crippen molar-refractivity contribution in [2.45, 2.75) is 55.6 Å². The van der Waals surface area contributed by atoms with E-state index >= 15 is 0 Å². The Bertz CT molecular complexity index is 1050. The molecule has 0 aliphatic carbocycles. The Balaban J connectivity index is 1.55. The highest BCUT2D eigenvalue weighted by molar-refractivity contribution is 8.00. The lowest BCUT2D eigenvalue weighted by atomic mass is 9.90. The summed E-state index contributed by atoms with van der Waals surface area (Å²) >= 11 is 4.72. The molecule has 4 rings (SSSR count).